The van der Waals surface area contributed by atoms with Crippen molar-refractivity contribution in [2.75, 3.05) is 5.75 Å². The molecule has 0 spiro atoms. The zero-order chi connectivity index (χ0) is 31.5. The summed E-state index contributed by atoms with van der Waals surface area (Å²) in [4.78, 5) is 12.7. The van der Waals surface area contributed by atoms with E-state index in [4.69, 9.17) is 14.8 Å². The highest BCUT2D eigenvalue weighted by molar-refractivity contribution is 9.10. The number of benzene rings is 2. The second-order valence-electron chi connectivity index (χ2n) is 12.2. The van der Waals surface area contributed by atoms with Gasteiger partial charge in [0.05, 0.1) is 9.89 Å². The maximum atomic E-state index is 15.0. The molecule has 1 unspecified atom stereocenters. The van der Waals surface area contributed by atoms with Crippen molar-refractivity contribution in [3.8, 4) is 23.0 Å². The Morgan fingerprint density at radius 3 is 2.73 bits per heavy atom. The Labute approximate surface area is 271 Å². The zero-order valence-corrected chi connectivity index (χ0v) is 28.4. The second-order valence-corrected chi connectivity index (χ2v) is 13.9. The molecule has 0 aliphatic heterocycles. The molecule has 0 aliphatic rings. The summed E-state index contributed by atoms with van der Waals surface area (Å²) in [5, 5.41) is 7.72. The van der Waals surface area contributed by atoms with Gasteiger partial charge in [-0.25, -0.2) is 14.1 Å². The van der Waals surface area contributed by atoms with Crippen molar-refractivity contribution in [1.29, 1.82) is 0 Å². The topological polar surface area (TPSA) is 68.6 Å². The first-order valence-corrected chi connectivity index (χ1v) is 16.7. The van der Waals surface area contributed by atoms with E-state index in [1.54, 1.807) is 41.0 Å². The summed E-state index contributed by atoms with van der Waals surface area (Å²) in [5.74, 6) is 2.50. The van der Waals surface area contributed by atoms with Gasteiger partial charge in [0.25, 0.3) is 0 Å². The molecule has 0 bridgehead atoms. The number of hydrogen-bond donors (Lipinski definition) is 1. The molecule has 3 heterocycles. The van der Waals surface area contributed by atoms with Crippen LogP contribution in [0.25, 0.3) is 22.4 Å². The fraction of sp³-hybridized carbons (Fsp3) is 0.343. The van der Waals surface area contributed by atoms with E-state index in [2.05, 4.69) is 84.4 Å². The molecule has 0 amide bonds. The molecule has 5 aromatic rings. The number of H-pyrrole nitrogens is 1. The first kappa shape index (κ1) is 32.0. The van der Waals surface area contributed by atoms with E-state index in [1.807, 2.05) is 18.5 Å². The Morgan fingerprint density at radius 1 is 1.14 bits per heavy atom. The van der Waals surface area contributed by atoms with Gasteiger partial charge in [0.1, 0.15) is 11.4 Å². The van der Waals surface area contributed by atoms with Crippen LogP contribution in [0.2, 0.25) is 0 Å². The fourth-order valence-corrected chi connectivity index (χ4v) is 6.89. The molecule has 1 atom stereocenters. The molecule has 0 aliphatic carbocycles. The third-order valence-electron chi connectivity index (χ3n) is 8.23. The molecule has 0 radical (unpaired) electrons. The number of aryl methyl sites for hydroxylation is 2. The maximum Gasteiger partial charge on any atom is 0.177 e. The molecule has 0 fully saturated rings. The van der Waals surface area contributed by atoms with E-state index in [1.165, 1.54) is 17.2 Å². The Morgan fingerprint density at radius 2 is 1.95 bits per heavy atom. The molecule has 0 saturated heterocycles. The van der Waals surface area contributed by atoms with Crippen LogP contribution in [-0.4, -0.2) is 30.5 Å². The lowest BCUT2D eigenvalue weighted by Gasteiger charge is -2.30. The lowest BCUT2D eigenvalue weighted by atomic mass is 9.75. The number of nitrogens with zero attached hydrogens (tertiary/aromatic N) is 4. The van der Waals surface area contributed by atoms with Gasteiger partial charge in [-0.1, -0.05) is 58.0 Å². The van der Waals surface area contributed by atoms with Gasteiger partial charge in [0, 0.05) is 48.2 Å². The van der Waals surface area contributed by atoms with Gasteiger partial charge in [-0.3, -0.25) is 4.98 Å². The highest BCUT2D eigenvalue weighted by atomic mass is 79.9. The van der Waals surface area contributed by atoms with E-state index >= 15 is 0 Å². The normalized spacial score (nSPS) is 13.2. The molecule has 1 N–H and O–H groups in total. The van der Waals surface area contributed by atoms with Crippen molar-refractivity contribution in [2.45, 2.75) is 58.8 Å². The Bertz CT molecular complexity index is 1780. The second kappa shape index (κ2) is 13.3. The Kier molecular flexibility index (Phi) is 9.65. The summed E-state index contributed by atoms with van der Waals surface area (Å²) < 4.78 is 23.4. The van der Waals surface area contributed by atoms with Gasteiger partial charge in [-0.2, -0.15) is 5.10 Å². The van der Waals surface area contributed by atoms with Crippen LogP contribution in [0.1, 0.15) is 63.9 Å². The molecule has 6 nitrogen and oxygen atoms in total. The molecule has 0 saturated carbocycles. The van der Waals surface area contributed by atoms with E-state index in [9.17, 15) is 4.39 Å². The van der Waals surface area contributed by atoms with Crippen molar-refractivity contribution in [3.63, 3.8) is 0 Å². The van der Waals surface area contributed by atoms with E-state index in [-0.39, 0.29) is 11.2 Å². The predicted molar refractivity (Wildman–Crippen MR) is 183 cm³/mol. The van der Waals surface area contributed by atoms with Crippen molar-refractivity contribution < 1.29 is 9.13 Å². The number of aromatic amines is 1. The number of ether oxygens (including phenoxy) is 1. The molecule has 2 aromatic carbocycles. The van der Waals surface area contributed by atoms with Crippen LogP contribution < -0.4 is 4.74 Å². The van der Waals surface area contributed by atoms with Crippen molar-refractivity contribution in [1.82, 2.24) is 24.7 Å². The van der Waals surface area contributed by atoms with Crippen LogP contribution in [0.5, 0.6) is 11.5 Å². The van der Waals surface area contributed by atoms with Gasteiger partial charge in [0.2, 0.25) is 0 Å². The number of fused-ring (bicyclic) bond motifs is 1. The summed E-state index contributed by atoms with van der Waals surface area (Å²) in [6.45, 7) is 12.9. The van der Waals surface area contributed by atoms with Gasteiger partial charge < -0.3 is 9.72 Å². The first-order valence-electron chi connectivity index (χ1n) is 14.9. The summed E-state index contributed by atoms with van der Waals surface area (Å²) in [5.41, 5.74) is 3.56. The molecular weight excluding hydrogens is 637 g/mol. The number of halogens is 2. The van der Waals surface area contributed by atoms with Crippen LogP contribution in [-0.2, 0) is 18.9 Å². The average Bonchev–Trinajstić information content (AvgIpc) is 3.65. The predicted octanol–water partition coefficient (Wildman–Crippen LogP) is 9.99. The number of hydrogen-bond acceptors (Lipinski definition) is 5. The molecule has 230 valence electrons. The number of aromatic nitrogens is 5. The van der Waals surface area contributed by atoms with Crippen molar-refractivity contribution >= 4 is 38.6 Å². The quantitative estimate of drug-likeness (QED) is 0.134. The molecule has 9 heteroatoms. The van der Waals surface area contributed by atoms with E-state index in [0.29, 0.717) is 27.3 Å². The van der Waals surface area contributed by atoms with Crippen molar-refractivity contribution in [3.05, 3.63) is 100 Å². The number of pyridine rings is 1. The van der Waals surface area contributed by atoms with Gasteiger partial charge in [-0.05, 0) is 76.2 Å². The lowest BCUT2D eigenvalue weighted by molar-refractivity contribution is 0.343. The smallest absolute Gasteiger partial charge is 0.177 e. The zero-order valence-electron chi connectivity index (χ0n) is 26.0. The molecule has 3 aromatic heterocycles. The van der Waals surface area contributed by atoms with Crippen LogP contribution in [0.3, 0.4) is 0 Å². The molecular formula is C35H39BrFN5OS. The van der Waals surface area contributed by atoms with Gasteiger partial charge in [0.15, 0.2) is 23.2 Å². The summed E-state index contributed by atoms with van der Waals surface area (Å²) in [6, 6.07) is 15.6. The van der Waals surface area contributed by atoms with Crippen LogP contribution >= 0.6 is 27.7 Å². The number of rotatable bonds is 13. The van der Waals surface area contributed by atoms with Crippen LogP contribution in [0.15, 0.2) is 77.4 Å². The largest absolute Gasteiger partial charge is 0.453 e. The lowest BCUT2D eigenvalue weighted by Crippen LogP contribution is -2.27. The Balaban J connectivity index is 1.47. The van der Waals surface area contributed by atoms with E-state index in [0.717, 1.165) is 42.6 Å². The SMILES string of the molecule is C=CSCC(C)(C)CCCC(C)(c1cccc(CC)c1)c1nc(-c2cc(Oc3c(F)cc4[nH]ccc4c3Br)ccn2)n(C)n1. The highest BCUT2D eigenvalue weighted by Crippen LogP contribution is 2.40. The summed E-state index contributed by atoms with van der Waals surface area (Å²) in [6.07, 6.45) is 7.38. The average molecular weight is 677 g/mol. The standard InChI is InChI=1S/C35H39BrFN5OS/c1-7-23-11-9-12-24(19-23)35(5,16-10-15-34(3,4)22-44-8-2)33-40-32(42(6)41-33)29-20-25(13-17-39-29)43-31-27(37)21-28-26(30(31)36)14-18-38-28/h8-9,11-14,17-21,38H,2,7,10,15-16,22H2,1,3-6H3. The van der Waals surface area contributed by atoms with Crippen LogP contribution in [0, 0.1) is 11.2 Å². The van der Waals surface area contributed by atoms with Crippen molar-refractivity contribution in [2.24, 2.45) is 12.5 Å². The third-order valence-corrected chi connectivity index (χ3v) is 10.2. The highest BCUT2D eigenvalue weighted by Gasteiger charge is 2.35. The minimum Gasteiger partial charge on any atom is -0.453 e. The minimum absolute atomic E-state index is 0.116. The van der Waals surface area contributed by atoms with Gasteiger partial charge in [-0.15, -0.1) is 11.8 Å². The minimum atomic E-state index is -0.470. The summed E-state index contributed by atoms with van der Waals surface area (Å²) in [7, 11) is 1.88. The Hall–Kier alpha value is -3.43. The maximum absolute atomic E-state index is 15.0. The van der Waals surface area contributed by atoms with Gasteiger partial charge >= 0.3 is 0 Å². The number of thioether (sulfide) groups is 1. The fourth-order valence-electron chi connectivity index (χ4n) is 5.56. The first-order chi connectivity index (χ1) is 21.0. The number of nitrogens with one attached hydrogen (secondary N) is 1. The molecule has 5 rings (SSSR count). The van der Waals surface area contributed by atoms with E-state index < -0.39 is 11.2 Å². The van der Waals surface area contributed by atoms with Crippen LogP contribution in [0.4, 0.5) is 4.39 Å². The third kappa shape index (κ3) is 6.79. The summed E-state index contributed by atoms with van der Waals surface area (Å²) >= 11 is 5.29. The molecule has 44 heavy (non-hydrogen) atoms. The monoisotopic (exact) mass is 675 g/mol.